The molecule has 21 heavy (non-hydrogen) atoms. The zero-order valence-electron chi connectivity index (χ0n) is 13.3. The van der Waals surface area contributed by atoms with Crippen LogP contribution in [-0.4, -0.2) is 16.5 Å². The third-order valence-corrected chi connectivity index (χ3v) is 3.31. The first-order chi connectivity index (χ1) is 10.0. The van der Waals surface area contributed by atoms with Crippen LogP contribution in [0.15, 0.2) is 30.5 Å². The van der Waals surface area contributed by atoms with Gasteiger partial charge in [-0.1, -0.05) is 31.5 Å². The Morgan fingerprint density at radius 3 is 2.67 bits per heavy atom. The van der Waals surface area contributed by atoms with E-state index in [1.54, 1.807) is 6.20 Å². The van der Waals surface area contributed by atoms with Gasteiger partial charge in [-0.3, -0.25) is 0 Å². The largest absolute Gasteiger partial charge is 0.370 e. The number of nitrogens with one attached hydrogen (secondary N) is 2. The summed E-state index contributed by atoms with van der Waals surface area (Å²) in [6.45, 7) is 9.54. The van der Waals surface area contributed by atoms with E-state index in [1.165, 1.54) is 11.1 Å². The highest BCUT2D eigenvalue weighted by Gasteiger charge is 2.03. The van der Waals surface area contributed by atoms with Crippen LogP contribution < -0.4 is 10.6 Å². The number of nitrogens with zero attached hydrogens (tertiary/aromatic N) is 2. The smallest absolute Gasteiger partial charge is 0.229 e. The predicted molar refractivity (Wildman–Crippen MR) is 89.2 cm³/mol. The maximum Gasteiger partial charge on any atom is 0.229 e. The van der Waals surface area contributed by atoms with Gasteiger partial charge >= 0.3 is 0 Å². The zero-order chi connectivity index (χ0) is 15.2. The van der Waals surface area contributed by atoms with Gasteiger partial charge in [-0.2, -0.15) is 4.98 Å². The SMILES string of the molecule is Cc1ccc(Nc2nccc(NCCC(C)C)n2)c(C)c1. The Hall–Kier alpha value is -2.10. The number of hydrogen-bond acceptors (Lipinski definition) is 4. The van der Waals surface area contributed by atoms with Crippen LogP contribution in [0.2, 0.25) is 0 Å². The van der Waals surface area contributed by atoms with Gasteiger partial charge in [0.25, 0.3) is 0 Å². The van der Waals surface area contributed by atoms with E-state index in [9.17, 15) is 0 Å². The summed E-state index contributed by atoms with van der Waals surface area (Å²) in [6.07, 6.45) is 2.90. The van der Waals surface area contributed by atoms with E-state index in [0.717, 1.165) is 24.5 Å². The second kappa shape index (κ2) is 7.07. The Morgan fingerprint density at radius 1 is 1.14 bits per heavy atom. The molecule has 0 aliphatic carbocycles. The van der Waals surface area contributed by atoms with Gasteiger partial charge < -0.3 is 10.6 Å². The minimum atomic E-state index is 0.622. The summed E-state index contributed by atoms with van der Waals surface area (Å²) >= 11 is 0. The molecule has 1 heterocycles. The molecule has 112 valence electrons. The molecule has 0 aliphatic rings. The first kappa shape index (κ1) is 15.3. The Balaban J connectivity index is 2.03. The monoisotopic (exact) mass is 284 g/mol. The molecule has 0 atom stereocenters. The number of hydrogen-bond donors (Lipinski definition) is 2. The fourth-order valence-electron chi connectivity index (χ4n) is 2.08. The van der Waals surface area contributed by atoms with E-state index < -0.39 is 0 Å². The lowest BCUT2D eigenvalue weighted by Gasteiger charge is -2.11. The molecule has 0 fully saturated rings. The molecule has 0 spiro atoms. The minimum absolute atomic E-state index is 0.622. The molecule has 4 heteroatoms. The number of anilines is 3. The summed E-state index contributed by atoms with van der Waals surface area (Å²) < 4.78 is 0. The second-order valence-corrected chi connectivity index (χ2v) is 5.82. The van der Waals surface area contributed by atoms with Gasteiger partial charge in [0.15, 0.2) is 0 Å². The fraction of sp³-hybridized carbons (Fsp3) is 0.412. The highest BCUT2D eigenvalue weighted by Crippen LogP contribution is 2.19. The lowest BCUT2D eigenvalue weighted by molar-refractivity contribution is 0.606. The van der Waals surface area contributed by atoms with Gasteiger partial charge in [0.05, 0.1) is 0 Å². The predicted octanol–water partition coefficient (Wildman–Crippen LogP) is 4.30. The molecule has 0 unspecified atom stereocenters. The molecular formula is C17H24N4. The maximum atomic E-state index is 4.50. The lowest BCUT2D eigenvalue weighted by Crippen LogP contribution is -2.07. The van der Waals surface area contributed by atoms with Crippen molar-refractivity contribution in [2.24, 2.45) is 5.92 Å². The minimum Gasteiger partial charge on any atom is -0.370 e. The molecule has 1 aromatic carbocycles. The molecule has 2 aromatic rings. The van der Waals surface area contributed by atoms with Crippen molar-refractivity contribution < 1.29 is 0 Å². The highest BCUT2D eigenvalue weighted by molar-refractivity contribution is 5.59. The standard InChI is InChI=1S/C17H24N4/c1-12(2)7-9-18-16-8-10-19-17(21-16)20-15-6-5-13(3)11-14(15)4/h5-6,8,10-12H,7,9H2,1-4H3,(H2,18,19,20,21). The van der Waals surface area contributed by atoms with Crippen LogP contribution in [0.5, 0.6) is 0 Å². The second-order valence-electron chi connectivity index (χ2n) is 5.82. The molecule has 2 rings (SSSR count). The van der Waals surface area contributed by atoms with Crippen molar-refractivity contribution >= 4 is 17.5 Å². The maximum absolute atomic E-state index is 4.50. The molecule has 0 aliphatic heterocycles. The molecule has 0 bridgehead atoms. The number of benzene rings is 1. The zero-order valence-corrected chi connectivity index (χ0v) is 13.3. The van der Waals surface area contributed by atoms with Crippen LogP contribution in [0, 0.1) is 19.8 Å². The summed E-state index contributed by atoms with van der Waals surface area (Å²) in [4.78, 5) is 8.77. The van der Waals surface area contributed by atoms with Crippen molar-refractivity contribution in [1.29, 1.82) is 0 Å². The molecule has 2 N–H and O–H groups in total. The van der Waals surface area contributed by atoms with E-state index in [2.05, 4.69) is 66.5 Å². The molecule has 4 nitrogen and oxygen atoms in total. The summed E-state index contributed by atoms with van der Waals surface area (Å²) in [5.74, 6) is 2.17. The molecule has 1 aromatic heterocycles. The Labute approximate surface area is 127 Å². The van der Waals surface area contributed by atoms with Crippen molar-refractivity contribution in [2.75, 3.05) is 17.2 Å². The van der Waals surface area contributed by atoms with Crippen LogP contribution in [0.1, 0.15) is 31.4 Å². The Morgan fingerprint density at radius 2 is 1.95 bits per heavy atom. The van der Waals surface area contributed by atoms with Gasteiger partial charge in [-0.25, -0.2) is 4.98 Å². The quantitative estimate of drug-likeness (QED) is 0.830. The van der Waals surface area contributed by atoms with Gasteiger partial charge in [-0.05, 0) is 43.9 Å². The summed E-state index contributed by atoms with van der Waals surface area (Å²) in [5.41, 5.74) is 3.49. The van der Waals surface area contributed by atoms with Gasteiger partial charge in [0, 0.05) is 18.4 Å². The van der Waals surface area contributed by atoms with Crippen LogP contribution in [0.3, 0.4) is 0 Å². The van der Waals surface area contributed by atoms with Crippen LogP contribution >= 0.6 is 0 Å². The van der Waals surface area contributed by atoms with Crippen molar-refractivity contribution in [1.82, 2.24) is 9.97 Å². The summed E-state index contributed by atoms with van der Waals surface area (Å²) in [6, 6.07) is 8.19. The molecular weight excluding hydrogens is 260 g/mol. The van der Waals surface area contributed by atoms with Crippen LogP contribution in [0.25, 0.3) is 0 Å². The van der Waals surface area contributed by atoms with Crippen molar-refractivity contribution in [3.8, 4) is 0 Å². The normalized spacial score (nSPS) is 10.7. The van der Waals surface area contributed by atoms with Gasteiger partial charge in [-0.15, -0.1) is 0 Å². The average molecular weight is 284 g/mol. The van der Waals surface area contributed by atoms with Crippen LogP contribution in [-0.2, 0) is 0 Å². The molecule has 0 saturated carbocycles. The summed E-state index contributed by atoms with van der Waals surface area (Å²) in [5, 5.41) is 6.61. The Kier molecular flexibility index (Phi) is 5.14. The third kappa shape index (κ3) is 4.74. The van der Waals surface area contributed by atoms with E-state index in [4.69, 9.17) is 0 Å². The van der Waals surface area contributed by atoms with Crippen molar-refractivity contribution in [2.45, 2.75) is 34.1 Å². The van der Waals surface area contributed by atoms with E-state index >= 15 is 0 Å². The third-order valence-electron chi connectivity index (χ3n) is 3.31. The average Bonchev–Trinajstić information content (AvgIpc) is 2.42. The molecule has 0 radical (unpaired) electrons. The van der Waals surface area contributed by atoms with Crippen molar-refractivity contribution in [3.05, 3.63) is 41.6 Å². The highest BCUT2D eigenvalue weighted by atomic mass is 15.1. The summed E-state index contributed by atoms with van der Waals surface area (Å²) in [7, 11) is 0. The van der Waals surface area contributed by atoms with E-state index in [1.807, 2.05) is 6.07 Å². The topological polar surface area (TPSA) is 49.8 Å². The Bertz CT molecular complexity index is 593. The first-order valence-corrected chi connectivity index (χ1v) is 7.46. The fourth-order valence-corrected chi connectivity index (χ4v) is 2.08. The van der Waals surface area contributed by atoms with E-state index in [-0.39, 0.29) is 0 Å². The number of aryl methyl sites for hydroxylation is 2. The van der Waals surface area contributed by atoms with Crippen LogP contribution in [0.4, 0.5) is 17.5 Å². The lowest BCUT2D eigenvalue weighted by atomic mass is 10.1. The van der Waals surface area contributed by atoms with Gasteiger partial charge in [0.2, 0.25) is 5.95 Å². The first-order valence-electron chi connectivity index (χ1n) is 7.46. The van der Waals surface area contributed by atoms with E-state index in [0.29, 0.717) is 11.9 Å². The van der Waals surface area contributed by atoms with Gasteiger partial charge in [0.1, 0.15) is 5.82 Å². The molecule has 0 amide bonds. The number of aromatic nitrogens is 2. The number of rotatable bonds is 6. The van der Waals surface area contributed by atoms with Crippen molar-refractivity contribution in [3.63, 3.8) is 0 Å². The molecule has 0 saturated heterocycles.